The van der Waals surface area contributed by atoms with E-state index in [-0.39, 0.29) is 17.5 Å². The van der Waals surface area contributed by atoms with Gasteiger partial charge < -0.3 is 14.4 Å². The first-order valence-electron chi connectivity index (χ1n) is 11.3. The van der Waals surface area contributed by atoms with Gasteiger partial charge in [-0.3, -0.25) is 9.59 Å². The second-order valence-corrected chi connectivity index (χ2v) is 9.05. The molecule has 0 N–H and O–H groups in total. The Morgan fingerprint density at radius 2 is 1.81 bits per heavy atom. The molecular weight excluding hydrogens is 400 g/mol. The van der Waals surface area contributed by atoms with Crippen molar-refractivity contribution in [1.82, 2.24) is 14.5 Å². The van der Waals surface area contributed by atoms with E-state index in [2.05, 4.69) is 48.0 Å². The maximum atomic E-state index is 13.0. The van der Waals surface area contributed by atoms with Crippen LogP contribution in [-0.2, 0) is 11.3 Å². The molecule has 1 amide bonds. The highest BCUT2D eigenvalue weighted by Gasteiger charge is 2.27. The van der Waals surface area contributed by atoms with Gasteiger partial charge in [-0.15, -0.1) is 0 Å². The zero-order chi connectivity index (χ0) is 23.0. The normalized spacial score (nSPS) is 16.6. The van der Waals surface area contributed by atoms with Gasteiger partial charge in [0, 0.05) is 44.3 Å². The number of rotatable bonds is 4. The minimum absolute atomic E-state index is 0.0964. The number of aromatic nitrogens is 2. The Kier molecular flexibility index (Phi) is 6.04. The highest BCUT2D eigenvalue weighted by Crippen LogP contribution is 2.22. The summed E-state index contributed by atoms with van der Waals surface area (Å²) >= 11 is 0. The topological polar surface area (TPSA) is 58.4 Å². The molecule has 0 unspecified atom stereocenters. The zero-order valence-electron chi connectivity index (χ0n) is 19.7. The zero-order valence-corrected chi connectivity index (χ0v) is 19.7. The molecule has 6 heteroatoms. The van der Waals surface area contributed by atoms with Crippen LogP contribution in [0.5, 0.6) is 0 Å². The molecule has 1 fully saturated rings. The number of piperazine rings is 1. The van der Waals surface area contributed by atoms with E-state index in [1.807, 2.05) is 30.9 Å². The standard InChI is InChI=1S/C26H32N4O2/c1-17-7-6-8-22(13-17)29-12-11-28(16-20(29)4)25(31)9-10-30-24-15-19(3)18(2)14-23(24)27-21(5)26(30)32/h6-8,13-15,20H,9-12,16H2,1-5H3/t20-/m0/s1. The Morgan fingerprint density at radius 1 is 1.06 bits per heavy atom. The minimum Gasteiger partial charge on any atom is -0.365 e. The van der Waals surface area contributed by atoms with Crippen LogP contribution in [0.4, 0.5) is 5.69 Å². The molecule has 2 heterocycles. The van der Waals surface area contributed by atoms with Crippen LogP contribution in [0.3, 0.4) is 0 Å². The number of fused-ring (bicyclic) bond motifs is 1. The number of hydrogen-bond donors (Lipinski definition) is 0. The van der Waals surface area contributed by atoms with Crippen molar-refractivity contribution in [3.05, 3.63) is 69.1 Å². The lowest BCUT2D eigenvalue weighted by Gasteiger charge is -2.41. The average molecular weight is 433 g/mol. The van der Waals surface area contributed by atoms with Gasteiger partial charge in [0.2, 0.25) is 5.91 Å². The Balaban J connectivity index is 1.48. The Bertz CT molecular complexity index is 1230. The second-order valence-electron chi connectivity index (χ2n) is 9.05. The summed E-state index contributed by atoms with van der Waals surface area (Å²) in [5.74, 6) is 0.0964. The van der Waals surface area contributed by atoms with Gasteiger partial charge in [-0.1, -0.05) is 12.1 Å². The molecule has 1 saturated heterocycles. The summed E-state index contributed by atoms with van der Waals surface area (Å²) in [6.07, 6.45) is 0.308. The number of anilines is 1. The summed E-state index contributed by atoms with van der Waals surface area (Å²) in [7, 11) is 0. The van der Waals surface area contributed by atoms with Crippen LogP contribution in [0.2, 0.25) is 0 Å². The van der Waals surface area contributed by atoms with Crippen LogP contribution in [0.15, 0.2) is 41.2 Å². The van der Waals surface area contributed by atoms with Gasteiger partial charge in [-0.05, 0) is 75.6 Å². The molecule has 1 aliphatic rings. The van der Waals surface area contributed by atoms with Crippen LogP contribution in [0.1, 0.15) is 35.7 Å². The molecule has 168 valence electrons. The number of benzene rings is 2. The molecule has 0 aliphatic carbocycles. The van der Waals surface area contributed by atoms with Gasteiger partial charge >= 0.3 is 0 Å². The third-order valence-electron chi connectivity index (χ3n) is 6.59. The molecule has 0 saturated carbocycles. The molecule has 4 rings (SSSR count). The molecule has 3 aromatic rings. The summed E-state index contributed by atoms with van der Waals surface area (Å²) in [4.78, 5) is 34.6. The smallest absolute Gasteiger partial charge is 0.272 e. The Labute approximate surface area is 189 Å². The monoisotopic (exact) mass is 432 g/mol. The van der Waals surface area contributed by atoms with E-state index in [4.69, 9.17) is 0 Å². The van der Waals surface area contributed by atoms with Crippen LogP contribution in [0.25, 0.3) is 11.0 Å². The number of carbonyl (C=O) groups is 1. The molecule has 0 radical (unpaired) electrons. The predicted molar refractivity (Wildman–Crippen MR) is 129 cm³/mol. The molecule has 6 nitrogen and oxygen atoms in total. The summed E-state index contributed by atoms with van der Waals surface area (Å²) in [5, 5.41) is 0. The first kappa shape index (κ1) is 22.1. The molecule has 1 atom stereocenters. The van der Waals surface area contributed by atoms with Crippen molar-refractivity contribution in [2.24, 2.45) is 0 Å². The first-order valence-corrected chi connectivity index (χ1v) is 11.3. The van der Waals surface area contributed by atoms with Crippen LogP contribution >= 0.6 is 0 Å². The van der Waals surface area contributed by atoms with Crippen molar-refractivity contribution in [3.8, 4) is 0 Å². The van der Waals surface area contributed by atoms with Crippen molar-refractivity contribution < 1.29 is 4.79 Å². The average Bonchev–Trinajstić information content (AvgIpc) is 2.75. The Hall–Kier alpha value is -3.15. The minimum atomic E-state index is -0.119. The Morgan fingerprint density at radius 3 is 2.53 bits per heavy atom. The van der Waals surface area contributed by atoms with Gasteiger partial charge in [-0.2, -0.15) is 0 Å². The van der Waals surface area contributed by atoms with E-state index in [1.165, 1.54) is 11.3 Å². The van der Waals surface area contributed by atoms with Crippen LogP contribution < -0.4 is 10.5 Å². The number of carbonyl (C=O) groups excluding carboxylic acids is 1. The molecule has 32 heavy (non-hydrogen) atoms. The summed E-state index contributed by atoms with van der Waals surface area (Å²) in [6, 6.07) is 12.8. The van der Waals surface area contributed by atoms with Gasteiger partial charge in [0.25, 0.3) is 5.56 Å². The van der Waals surface area contributed by atoms with Crippen molar-refractivity contribution in [2.75, 3.05) is 24.5 Å². The van der Waals surface area contributed by atoms with Gasteiger partial charge in [0.05, 0.1) is 11.0 Å². The third-order valence-corrected chi connectivity index (χ3v) is 6.59. The van der Waals surface area contributed by atoms with E-state index in [9.17, 15) is 9.59 Å². The quantitative estimate of drug-likeness (QED) is 0.630. The van der Waals surface area contributed by atoms with Gasteiger partial charge in [0.1, 0.15) is 5.69 Å². The fourth-order valence-electron chi connectivity index (χ4n) is 4.59. The van der Waals surface area contributed by atoms with Gasteiger partial charge in [-0.25, -0.2) is 4.98 Å². The van der Waals surface area contributed by atoms with Crippen molar-refractivity contribution >= 4 is 22.6 Å². The van der Waals surface area contributed by atoms with Gasteiger partial charge in [0.15, 0.2) is 0 Å². The maximum absolute atomic E-state index is 13.0. The fraction of sp³-hybridized carbons (Fsp3) is 0.423. The molecule has 0 bridgehead atoms. The molecule has 1 aromatic heterocycles. The van der Waals surface area contributed by atoms with E-state index in [1.54, 1.807) is 11.5 Å². The van der Waals surface area contributed by atoms with E-state index < -0.39 is 0 Å². The second kappa shape index (κ2) is 8.77. The van der Waals surface area contributed by atoms with Crippen molar-refractivity contribution in [2.45, 2.75) is 53.6 Å². The fourth-order valence-corrected chi connectivity index (χ4v) is 4.59. The maximum Gasteiger partial charge on any atom is 0.272 e. The number of hydrogen-bond acceptors (Lipinski definition) is 4. The third kappa shape index (κ3) is 4.27. The number of amides is 1. The lowest BCUT2D eigenvalue weighted by atomic mass is 10.1. The predicted octanol–water partition coefficient (Wildman–Crippen LogP) is 3.76. The van der Waals surface area contributed by atoms with E-state index in [0.29, 0.717) is 31.7 Å². The highest BCUT2D eigenvalue weighted by molar-refractivity contribution is 5.79. The molecule has 2 aromatic carbocycles. The van der Waals surface area contributed by atoms with E-state index >= 15 is 0 Å². The highest BCUT2D eigenvalue weighted by atomic mass is 16.2. The number of aryl methyl sites for hydroxylation is 5. The molecular formula is C26H32N4O2. The largest absolute Gasteiger partial charge is 0.365 e. The lowest BCUT2D eigenvalue weighted by Crippen LogP contribution is -2.54. The summed E-state index contributed by atoms with van der Waals surface area (Å²) in [6.45, 7) is 12.6. The number of nitrogens with zero attached hydrogens (tertiary/aromatic N) is 4. The summed E-state index contributed by atoms with van der Waals surface area (Å²) in [5.41, 5.74) is 6.66. The van der Waals surface area contributed by atoms with E-state index in [0.717, 1.165) is 28.7 Å². The van der Waals surface area contributed by atoms with Crippen molar-refractivity contribution in [3.63, 3.8) is 0 Å². The lowest BCUT2D eigenvalue weighted by molar-refractivity contribution is -0.132. The molecule has 0 spiro atoms. The van der Waals surface area contributed by atoms with Crippen LogP contribution in [0, 0.1) is 27.7 Å². The van der Waals surface area contributed by atoms with Crippen LogP contribution in [-0.4, -0.2) is 46.0 Å². The van der Waals surface area contributed by atoms with Crippen molar-refractivity contribution in [1.29, 1.82) is 0 Å². The summed E-state index contributed by atoms with van der Waals surface area (Å²) < 4.78 is 1.72. The molecule has 1 aliphatic heterocycles. The SMILES string of the molecule is Cc1cccc(N2CCN(C(=O)CCn3c(=O)c(C)nc4cc(C)c(C)cc43)C[C@@H]2C)c1. The first-order chi connectivity index (χ1) is 15.2.